The predicted molar refractivity (Wildman–Crippen MR) is 134 cm³/mol. The normalized spacial score (nSPS) is 19.2. The maximum absolute atomic E-state index is 13.6. The average molecular weight is 627 g/mol. The summed E-state index contributed by atoms with van der Waals surface area (Å²) in [5.41, 5.74) is -4.38. The van der Waals surface area contributed by atoms with Gasteiger partial charge in [0.15, 0.2) is 0 Å². The summed E-state index contributed by atoms with van der Waals surface area (Å²) >= 11 is 0. The number of nitrogens with zero attached hydrogens (tertiary/aromatic N) is 1. The largest absolute Gasteiger partial charge is 0.449 e. The Morgan fingerprint density at radius 3 is 1.98 bits per heavy atom. The number of alkyl carbamates (subject to hydrolysis) is 1. The Hall–Kier alpha value is -3.65. The number of rotatable bonds is 6. The second kappa shape index (κ2) is 11.8. The van der Waals surface area contributed by atoms with Crippen LogP contribution >= 0.6 is 0 Å². The number of carbonyl (C=O) groups excluding carboxylic acids is 2. The van der Waals surface area contributed by atoms with Gasteiger partial charge in [-0.05, 0) is 86.6 Å². The first-order valence-electron chi connectivity index (χ1n) is 13.3. The zero-order valence-corrected chi connectivity index (χ0v) is 22.8. The molecule has 6 nitrogen and oxygen atoms in total. The van der Waals surface area contributed by atoms with E-state index in [0.29, 0.717) is 12.1 Å². The number of nitrogens with one attached hydrogen (secondary N) is 1. The van der Waals surface area contributed by atoms with Crippen LogP contribution in [0.15, 0.2) is 36.4 Å². The first kappa shape index (κ1) is 32.3. The highest BCUT2D eigenvalue weighted by atomic mass is 19.4. The van der Waals surface area contributed by atoms with E-state index in [0.717, 1.165) is 31.0 Å². The molecule has 43 heavy (non-hydrogen) atoms. The van der Waals surface area contributed by atoms with Crippen molar-refractivity contribution in [1.82, 2.24) is 5.32 Å². The number of fused-ring (bicyclic) bond motifs is 1. The van der Waals surface area contributed by atoms with Crippen molar-refractivity contribution in [1.29, 1.82) is 0 Å². The molecule has 1 aliphatic heterocycles. The minimum Gasteiger partial charge on any atom is -0.449 e. The van der Waals surface area contributed by atoms with Crippen molar-refractivity contribution in [2.45, 2.75) is 76.2 Å². The molecule has 0 saturated heterocycles. The summed E-state index contributed by atoms with van der Waals surface area (Å²) in [6.45, 7) is 2.61. The molecule has 1 saturated carbocycles. The van der Waals surface area contributed by atoms with Crippen LogP contribution in [0.1, 0.15) is 67.0 Å². The minimum absolute atomic E-state index is 0.000729. The Labute approximate surface area is 240 Å². The Morgan fingerprint density at radius 1 is 0.884 bits per heavy atom. The van der Waals surface area contributed by atoms with Crippen molar-refractivity contribution in [3.05, 3.63) is 64.2 Å². The SMILES string of the molecule is CC(C)OC(=O)N1c2ccc(C(F)(F)F)cc2[C@@H](NC(=O)OCCc2cc(C(F)(F)F)cc(C(F)(F)F)c2)C[C@H]1C1CC1. The molecule has 2 atom stereocenters. The Kier molecular flexibility index (Phi) is 8.85. The third-order valence-electron chi connectivity index (χ3n) is 7.06. The van der Waals surface area contributed by atoms with Crippen LogP contribution in [0, 0.1) is 5.92 Å². The van der Waals surface area contributed by atoms with E-state index in [1.54, 1.807) is 13.8 Å². The summed E-state index contributed by atoms with van der Waals surface area (Å²) in [5, 5.41) is 2.46. The van der Waals surface area contributed by atoms with Crippen LogP contribution in [0.4, 0.5) is 54.8 Å². The summed E-state index contributed by atoms with van der Waals surface area (Å²) in [6, 6.07) is 2.17. The second-order valence-corrected chi connectivity index (χ2v) is 10.7. The molecule has 1 N–H and O–H groups in total. The van der Waals surface area contributed by atoms with Gasteiger partial charge in [0.2, 0.25) is 0 Å². The quantitative estimate of drug-likeness (QED) is 0.328. The van der Waals surface area contributed by atoms with Crippen molar-refractivity contribution in [3.63, 3.8) is 0 Å². The summed E-state index contributed by atoms with van der Waals surface area (Å²) < 4.78 is 130. The topological polar surface area (TPSA) is 67.9 Å². The fraction of sp³-hybridized carbons (Fsp3) is 0.500. The third-order valence-corrected chi connectivity index (χ3v) is 7.06. The molecule has 0 unspecified atom stereocenters. The number of halogens is 9. The minimum atomic E-state index is -5.05. The van der Waals surface area contributed by atoms with Gasteiger partial charge in [0, 0.05) is 12.5 Å². The fourth-order valence-electron chi connectivity index (χ4n) is 5.00. The molecule has 0 bridgehead atoms. The fourth-order valence-corrected chi connectivity index (χ4v) is 5.00. The van der Waals surface area contributed by atoms with E-state index in [9.17, 15) is 49.1 Å². The van der Waals surface area contributed by atoms with E-state index < -0.39 is 78.6 Å². The molecule has 1 heterocycles. The van der Waals surface area contributed by atoms with Crippen LogP contribution in [-0.4, -0.2) is 30.9 Å². The van der Waals surface area contributed by atoms with Crippen LogP contribution in [-0.2, 0) is 34.4 Å². The molecule has 0 aromatic heterocycles. The highest BCUT2D eigenvalue weighted by Crippen LogP contribution is 2.48. The van der Waals surface area contributed by atoms with Gasteiger partial charge in [0.25, 0.3) is 0 Å². The monoisotopic (exact) mass is 626 g/mol. The Balaban J connectivity index is 1.54. The van der Waals surface area contributed by atoms with Gasteiger partial charge < -0.3 is 14.8 Å². The first-order chi connectivity index (χ1) is 19.8. The van der Waals surface area contributed by atoms with E-state index in [4.69, 9.17) is 9.47 Å². The van der Waals surface area contributed by atoms with Crippen molar-refractivity contribution < 1.29 is 58.6 Å². The summed E-state index contributed by atoms with van der Waals surface area (Å²) in [6.07, 6.45) is -16.3. The molecule has 0 spiro atoms. The van der Waals surface area contributed by atoms with Gasteiger partial charge in [-0.25, -0.2) is 9.59 Å². The van der Waals surface area contributed by atoms with Gasteiger partial charge >= 0.3 is 30.7 Å². The highest BCUT2D eigenvalue weighted by Gasteiger charge is 2.46. The van der Waals surface area contributed by atoms with Gasteiger partial charge in [-0.2, -0.15) is 39.5 Å². The molecule has 2 amide bonds. The zero-order valence-electron chi connectivity index (χ0n) is 22.8. The molecular weight excluding hydrogens is 599 g/mol. The lowest BCUT2D eigenvalue weighted by molar-refractivity contribution is -0.143. The van der Waals surface area contributed by atoms with Gasteiger partial charge in [-0.15, -0.1) is 0 Å². The van der Waals surface area contributed by atoms with Gasteiger partial charge in [-0.1, -0.05) is 0 Å². The highest BCUT2D eigenvalue weighted by molar-refractivity contribution is 5.91. The maximum atomic E-state index is 13.6. The Bertz CT molecular complexity index is 1320. The Morgan fingerprint density at radius 2 is 1.47 bits per heavy atom. The zero-order chi connectivity index (χ0) is 31.9. The number of amides is 2. The molecule has 236 valence electrons. The van der Waals surface area contributed by atoms with Crippen molar-refractivity contribution in [2.24, 2.45) is 5.92 Å². The van der Waals surface area contributed by atoms with Gasteiger partial charge in [-0.3, -0.25) is 4.90 Å². The van der Waals surface area contributed by atoms with Crippen molar-refractivity contribution in [2.75, 3.05) is 11.5 Å². The lowest BCUT2D eigenvalue weighted by Crippen LogP contribution is -2.49. The number of alkyl halides is 9. The molecule has 4 rings (SSSR count). The molecule has 2 aromatic rings. The summed E-state index contributed by atoms with van der Waals surface area (Å²) in [4.78, 5) is 27.0. The molecule has 1 fully saturated rings. The van der Waals surface area contributed by atoms with Crippen LogP contribution in [0.5, 0.6) is 0 Å². The molecule has 0 radical (unpaired) electrons. The number of hydrogen-bond donors (Lipinski definition) is 1. The lowest BCUT2D eigenvalue weighted by atomic mass is 9.88. The van der Waals surface area contributed by atoms with E-state index in [1.807, 2.05) is 0 Å². The van der Waals surface area contributed by atoms with Crippen molar-refractivity contribution >= 4 is 17.9 Å². The number of ether oxygens (including phenoxy) is 2. The van der Waals surface area contributed by atoms with Gasteiger partial charge in [0.05, 0.1) is 41.1 Å². The summed E-state index contributed by atoms with van der Waals surface area (Å²) in [5.74, 6) is -0.000729. The lowest BCUT2D eigenvalue weighted by Gasteiger charge is -2.41. The first-order valence-corrected chi connectivity index (χ1v) is 13.3. The van der Waals surface area contributed by atoms with Crippen LogP contribution in [0.25, 0.3) is 0 Å². The maximum Gasteiger partial charge on any atom is 0.416 e. The molecule has 2 aliphatic rings. The summed E-state index contributed by atoms with van der Waals surface area (Å²) in [7, 11) is 0. The second-order valence-electron chi connectivity index (χ2n) is 10.7. The molecule has 15 heteroatoms. The predicted octanol–water partition coefficient (Wildman–Crippen LogP) is 8.29. The number of carbonyl (C=O) groups is 2. The smallest absolute Gasteiger partial charge is 0.416 e. The molecular formula is C28H27F9N2O4. The molecule has 2 aromatic carbocycles. The third kappa shape index (κ3) is 7.85. The molecule has 1 aliphatic carbocycles. The average Bonchev–Trinajstić information content (AvgIpc) is 3.71. The van der Waals surface area contributed by atoms with Crippen molar-refractivity contribution in [3.8, 4) is 0 Å². The van der Waals surface area contributed by atoms with Gasteiger partial charge in [0.1, 0.15) is 0 Å². The van der Waals surface area contributed by atoms with Crippen LogP contribution in [0.3, 0.4) is 0 Å². The van der Waals surface area contributed by atoms with E-state index in [-0.39, 0.29) is 35.2 Å². The van der Waals surface area contributed by atoms with Crippen LogP contribution in [0.2, 0.25) is 0 Å². The number of anilines is 1. The van der Waals surface area contributed by atoms with E-state index in [1.165, 1.54) is 4.90 Å². The van der Waals surface area contributed by atoms with E-state index >= 15 is 0 Å². The number of benzene rings is 2. The van der Waals surface area contributed by atoms with Crippen LogP contribution < -0.4 is 10.2 Å². The van der Waals surface area contributed by atoms with E-state index in [2.05, 4.69) is 5.32 Å². The number of hydrogen-bond acceptors (Lipinski definition) is 4. The standard InChI is InChI=1S/C28H27F9N2O4/c1-14(2)43-25(41)39-22-6-5-17(26(29,30)31)12-20(22)21(13-23(39)16-3-4-16)38-24(40)42-8-7-15-9-18(27(32,33)34)11-19(10-15)28(35,36)37/h5-6,9-12,14,16,21,23H,3-4,7-8,13H2,1-2H3,(H,38,40)/t21-,23-/m0/s1.